The van der Waals surface area contributed by atoms with Gasteiger partial charge < -0.3 is 39.9 Å². The van der Waals surface area contributed by atoms with Gasteiger partial charge in [0.2, 0.25) is 11.8 Å². The maximum atomic E-state index is 15.2. The third-order valence-electron chi connectivity index (χ3n) is 14.2. The molecule has 2 saturated heterocycles. The van der Waals surface area contributed by atoms with Crippen LogP contribution in [0.1, 0.15) is 84.5 Å². The summed E-state index contributed by atoms with van der Waals surface area (Å²) >= 11 is 3.11. The van der Waals surface area contributed by atoms with Gasteiger partial charge in [0.05, 0.1) is 61.5 Å². The number of rotatable bonds is 14. The lowest BCUT2D eigenvalue weighted by molar-refractivity contribution is -0.135. The number of hydrogen-bond acceptors (Lipinski definition) is 10. The maximum Gasteiger partial charge on any atom is 0.407 e. The number of fused-ring (bicyclic) bond motifs is 2. The monoisotopic (exact) mass is 1010 g/mol. The Hall–Kier alpha value is -6.14. The number of likely N-dealkylation sites (tertiary alicyclic amines) is 2. The van der Waals surface area contributed by atoms with E-state index in [0.717, 1.165) is 52.5 Å². The number of carbonyl (C=O) groups is 4. The van der Waals surface area contributed by atoms with Gasteiger partial charge in [0.1, 0.15) is 36.1 Å². The number of nitrogens with zero attached hydrogens (tertiary/aromatic N) is 4. The van der Waals surface area contributed by atoms with Gasteiger partial charge in [-0.05, 0) is 131 Å². The second-order valence-corrected chi connectivity index (χ2v) is 20.8. The second-order valence-electron chi connectivity index (χ2n) is 18.8. The van der Waals surface area contributed by atoms with E-state index < -0.39 is 48.7 Å². The van der Waals surface area contributed by atoms with Crippen LogP contribution in [-0.4, -0.2) is 129 Å². The minimum atomic E-state index is -1.24. The number of benzene rings is 4. The van der Waals surface area contributed by atoms with Gasteiger partial charge in [0, 0.05) is 12.8 Å². The number of carbonyl (C=O) groups excluding carboxylic acids is 4. The normalized spacial score (nSPS) is 20.7. The molecule has 2 fully saturated rings. The highest BCUT2D eigenvalue weighted by Crippen LogP contribution is 2.39. The molecule has 2 aliphatic heterocycles. The minimum Gasteiger partial charge on any atom is -0.453 e. The van der Waals surface area contributed by atoms with E-state index in [9.17, 15) is 19.2 Å². The summed E-state index contributed by atoms with van der Waals surface area (Å²) < 4.78 is 39.9. The number of imidazole rings is 2. The number of thioether (sulfide) groups is 2. The Balaban J connectivity index is 0.958. The first-order valence-electron chi connectivity index (χ1n) is 24.1. The van der Waals surface area contributed by atoms with Crippen molar-refractivity contribution in [3.63, 3.8) is 0 Å². The highest BCUT2D eigenvalue weighted by Gasteiger charge is 2.42. The van der Waals surface area contributed by atoms with Crippen LogP contribution < -0.4 is 10.6 Å². The first-order valence-corrected chi connectivity index (χ1v) is 26.9. The molecule has 4 aliphatic carbocycles. The molecule has 0 radical (unpaired) electrons. The van der Waals surface area contributed by atoms with E-state index in [-0.39, 0.29) is 43.7 Å². The molecule has 18 heteroatoms. The van der Waals surface area contributed by atoms with Crippen molar-refractivity contribution in [2.24, 2.45) is 0 Å². The molecule has 0 spiro atoms. The van der Waals surface area contributed by atoms with E-state index >= 15 is 8.78 Å². The molecule has 2 aromatic heterocycles. The number of alkyl halides is 2. The highest BCUT2D eigenvalue weighted by molar-refractivity contribution is 7.98. The zero-order valence-corrected chi connectivity index (χ0v) is 42.2. The zero-order chi connectivity index (χ0) is 49.9. The third kappa shape index (κ3) is 10.7. The van der Waals surface area contributed by atoms with Crippen molar-refractivity contribution in [3.8, 4) is 22.3 Å². The van der Waals surface area contributed by atoms with Gasteiger partial charge in [0.15, 0.2) is 0 Å². The number of alkyl carbamates (subject to hydrolysis) is 2. The number of aromatic amines is 2. The summed E-state index contributed by atoms with van der Waals surface area (Å²) in [4.78, 5) is 71.8. The van der Waals surface area contributed by atoms with Gasteiger partial charge in [-0.15, -0.1) is 0 Å². The van der Waals surface area contributed by atoms with Crippen molar-refractivity contribution in [2.45, 2.75) is 94.3 Å². The van der Waals surface area contributed by atoms with Crippen molar-refractivity contribution in [1.29, 1.82) is 0 Å². The molecule has 7 atom stereocenters. The molecule has 4 N–H and O–H groups in total. The summed E-state index contributed by atoms with van der Waals surface area (Å²) in [6.07, 6.45) is 3.25. The summed E-state index contributed by atoms with van der Waals surface area (Å²) in [5.74, 6) is 1.69. The van der Waals surface area contributed by atoms with Gasteiger partial charge in [-0.1, -0.05) is 55.5 Å². The second kappa shape index (κ2) is 21.7. The van der Waals surface area contributed by atoms with Crippen LogP contribution in [0.15, 0.2) is 72.8 Å². The van der Waals surface area contributed by atoms with Crippen molar-refractivity contribution in [2.75, 3.05) is 51.3 Å². The average molecular weight is 1010 g/mol. The number of ether oxygens (including phenoxy) is 2. The van der Waals surface area contributed by atoms with E-state index in [1.54, 1.807) is 23.5 Å². The molecule has 0 saturated carbocycles. The predicted molar refractivity (Wildman–Crippen MR) is 275 cm³/mol. The van der Waals surface area contributed by atoms with Crippen LogP contribution in [0.3, 0.4) is 0 Å². The van der Waals surface area contributed by atoms with E-state index in [1.165, 1.54) is 46.3 Å². The lowest BCUT2D eigenvalue weighted by Crippen LogP contribution is -2.49. The topological polar surface area (TPSA) is 175 Å². The largest absolute Gasteiger partial charge is 0.453 e. The standard InChI is InChI=1S/C53H60F2N8O6S2/c1-29-20-33-9-7-30(21-38(33)34-12-14-40-44(23-34)58-48(56-40)46-25-36(54)27-62(46)50(64)42(16-18-70-4)60-52(66)68-2)6-8-31-10-11-32(29)22-39(31)35-13-15-41-45(24-35)59-49(57-41)47-26-37(55)28-63(47)51(65)43(17-19-71-5)61-53(67)69-3/h7,9-15,21-24,29,36-37,42-43,46-47H,6,8,16-20,25-28H2,1-5H3,(H,56,58)(H,57,59)(H,60,66)(H,61,67)/t29?,36-,37-,42+,43+,46+,47+/m1/s1. The zero-order valence-electron chi connectivity index (χ0n) is 40.6. The molecule has 12 rings (SSSR count). The van der Waals surface area contributed by atoms with Crippen LogP contribution >= 0.6 is 23.5 Å². The van der Waals surface area contributed by atoms with E-state index in [0.29, 0.717) is 47.0 Å². The van der Waals surface area contributed by atoms with Crippen molar-refractivity contribution in [1.82, 2.24) is 40.4 Å². The van der Waals surface area contributed by atoms with Crippen molar-refractivity contribution >= 4 is 69.6 Å². The van der Waals surface area contributed by atoms with Crippen LogP contribution in [-0.2, 0) is 38.3 Å². The predicted octanol–water partition coefficient (Wildman–Crippen LogP) is 9.40. The Bertz CT molecular complexity index is 2950. The van der Waals surface area contributed by atoms with Crippen molar-refractivity contribution in [3.05, 3.63) is 107 Å². The average Bonchev–Trinajstić information content (AvgIpc) is 4.19. The van der Waals surface area contributed by atoms with Crippen LogP contribution in [0, 0.1) is 0 Å². The van der Waals surface area contributed by atoms with Crippen molar-refractivity contribution < 1.29 is 37.4 Å². The number of aromatic nitrogens is 4. The molecule has 4 heterocycles. The molecule has 374 valence electrons. The molecule has 14 nitrogen and oxygen atoms in total. The number of nitrogens with one attached hydrogen (secondary N) is 4. The molecule has 4 amide bonds. The minimum absolute atomic E-state index is 0.0877. The fourth-order valence-electron chi connectivity index (χ4n) is 10.4. The first-order chi connectivity index (χ1) is 34.3. The Labute approximate surface area is 420 Å². The molecule has 6 aliphatic rings. The van der Waals surface area contributed by atoms with E-state index in [2.05, 4.69) is 88.2 Å². The number of amides is 4. The highest BCUT2D eigenvalue weighted by atomic mass is 32.2. The Morgan fingerprint density at radius 3 is 1.70 bits per heavy atom. The van der Waals surface area contributed by atoms with Crippen LogP contribution in [0.25, 0.3) is 44.3 Å². The molecule has 1 unspecified atom stereocenters. The SMILES string of the molecule is COC(=O)N[C@@H](CCSC)C(=O)N1C[C@H](F)C[C@H]1c1nc2cc(-c3cc4ccc3CCc3ccc(c(-c5ccc6[nH]c([C@@H]7C[C@@H](F)CN7C(=O)[C@H](CCSC)NC(=O)OC)nc6c5)c3)CC4C)ccc2[nH]1. The van der Waals surface area contributed by atoms with Gasteiger partial charge in [-0.25, -0.2) is 28.3 Å². The van der Waals surface area contributed by atoms with Crippen LogP contribution in [0.5, 0.6) is 0 Å². The summed E-state index contributed by atoms with van der Waals surface area (Å²) in [6.45, 7) is 2.07. The number of H-pyrrole nitrogens is 2. The summed E-state index contributed by atoms with van der Waals surface area (Å²) in [5.41, 5.74) is 12.1. The van der Waals surface area contributed by atoms with E-state index in [1.807, 2.05) is 24.6 Å². The fourth-order valence-corrected chi connectivity index (χ4v) is 11.3. The molecule has 6 aromatic rings. The number of hydrogen-bond donors (Lipinski definition) is 4. The Morgan fingerprint density at radius 1 is 0.690 bits per heavy atom. The molecular formula is C53H60F2N8O6S2. The third-order valence-corrected chi connectivity index (χ3v) is 15.5. The van der Waals surface area contributed by atoms with Gasteiger partial charge >= 0.3 is 12.2 Å². The van der Waals surface area contributed by atoms with Gasteiger partial charge in [0.25, 0.3) is 0 Å². The van der Waals surface area contributed by atoms with Crippen LogP contribution in [0.2, 0.25) is 0 Å². The Morgan fingerprint density at radius 2 is 1.20 bits per heavy atom. The van der Waals surface area contributed by atoms with E-state index in [4.69, 9.17) is 19.4 Å². The smallest absolute Gasteiger partial charge is 0.407 e. The van der Waals surface area contributed by atoms with Gasteiger partial charge in [-0.3, -0.25) is 9.59 Å². The first kappa shape index (κ1) is 49.8. The lowest BCUT2D eigenvalue weighted by Gasteiger charge is -2.27. The summed E-state index contributed by atoms with van der Waals surface area (Å²) in [6, 6.07) is 22.9. The number of halogens is 2. The summed E-state index contributed by atoms with van der Waals surface area (Å²) in [5, 5.41) is 5.30. The molecule has 4 aromatic carbocycles. The fraction of sp³-hybridized carbons (Fsp3) is 0.434. The van der Waals surface area contributed by atoms with Gasteiger partial charge in [-0.2, -0.15) is 23.5 Å². The molecule has 71 heavy (non-hydrogen) atoms. The lowest BCUT2D eigenvalue weighted by atomic mass is 9.84. The maximum absolute atomic E-state index is 15.2. The van der Waals surface area contributed by atoms with Crippen LogP contribution in [0.4, 0.5) is 18.4 Å². The summed E-state index contributed by atoms with van der Waals surface area (Å²) in [7, 11) is 2.50. The quantitative estimate of drug-likeness (QED) is 0.0823. The molecular weight excluding hydrogens is 947 g/mol. The number of aryl methyl sites for hydroxylation is 2. The Kier molecular flexibility index (Phi) is 15.2. The number of methoxy groups -OCH3 is 2. The molecule has 4 bridgehead atoms.